The largest absolute Gasteiger partial charge is 0.497 e. The molecule has 0 aromatic heterocycles. The lowest BCUT2D eigenvalue weighted by Crippen LogP contribution is -2.45. The zero-order valence-electron chi connectivity index (χ0n) is 16.6. The van der Waals surface area contributed by atoms with Gasteiger partial charge in [0.25, 0.3) is 0 Å². The molecule has 3 rings (SSSR count). The van der Waals surface area contributed by atoms with Crippen LogP contribution in [-0.2, 0) is 10.3 Å². The molecule has 0 heterocycles. The molecule has 1 aliphatic rings. The first kappa shape index (κ1) is 21.4. The molecule has 0 spiro atoms. The highest BCUT2D eigenvalue weighted by Crippen LogP contribution is 2.39. The molecule has 1 fully saturated rings. The number of rotatable bonds is 6. The fourth-order valence-corrected chi connectivity index (χ4v) is 4.29. The number of carbonyl (C=O) groups excluding carboxylic acids is 1. The summed E-state index contributed by atoms with van der Waals surface area (Å²) < 4.78 is 10.3. The summed E-state index contributed by atoms with van der Waals surface area (Å²) in [6, 6.07) is 13.2. The van der Waals surface area contributed by atoms with E-state index in [1.54, 1.807) is 32.2 Å². The summed E-state index contributed by atoms with van der Waals surface area (Å²) in [5, 5.41) is 7.54. The van der Waals surface area contributed by atoms with Crippen molar-refractivity contribution in [3.63, 3.8) is 0 Å². The van der Waals surface area contributed by atoms with E-state index in [1.165, 1.54) is 5.56 Å². The molecule has 0 saturated heterocycles. The van der Waals surface area contributed by atoms with Gasteiger partial charge >= 0.3 is 5.97 Å². The van der Waals surface area contributed by atoms with Crippen LogP contribution in [0.1, 0.15) is 48.5 Å². The Balaban J connectivity index is 1.72. The van der Waals surface area contributed by atoms with E-state index >= 15 is 0 Å². The van der Waals surface area contributed by atoms with Crippen LogP contribution in [0.4, 0.5) is 5.69 Å². The van der Waals surface area contributed by atoms with Crippen LogP contribution in [0.25, 0.3) is 0 Å². The first-order valence-corrected chi connectivity index (χ1v) is 10.5. The maximum atomic E-state index is 11.9. The quantitative estimate of drug-likeness (QED) is 0.478. The fourth-order valence-electron chi connectivity index (χ4n) is 3.72. The molecule has 29 heavy (non-hydrogen) atoms. The molecule has 5 nitrogen and oxygen atoms in total. The lowest BCUT2D eigenvalue weighted by Gasteiger charge is -2.32. The Morgan fingerprint density at radius 3 is 2.45 bits per heavy atom. The van der Waals surface area contributed by atoms with Gasteiger partial charge in [0.15, 0.2) is 5.11 Å². The molecule has 1 aliphatic carbocycles. The molecule has 0 radical (unpaired) electrons. The molecular weight excluding hydrogens is 408 g/mol. The molecule has 0 atom stereocenters. The highest BCUT2D eigenvalue weighted by atomic mass is 35.5. The van der Waals surface area contributed by atoms with Crippen LogP contribution < -0.4 is 15.4 Å². The van der Waals surface area contributed by atoms with Gasteiger partial charge in [0, 0.05) is 5.69 Å². The van der Waals surface area contributed by atoms with Crippen LogP contribution in [0, 0.1) is 0 Å². The van der Waals surface area contributed by atoms with Crippen molar-refractivity contribution in [2.75, 3.05) is 19.0 Å². The first-order valence-electron chi connectivity index (χ1n) is 9.68. The predicted molar refractivity (Wildman–Crippen MR) is 120 cm³/mol. The maximum Gasteiger partial charge on any atom is 0.339 e. The molecule has 2 N–H and O–H groups in total. The minimum atomic E-state index is -0.436. The molecule has 2 aromatic carbocycles. The van der Waals surface area contributed by atoms with Crippen molar-refractivity contribution in [1.29, 1.82) is 0 Å². The zero-order chi connectivity index (χ0) is 20.9. The van der Waals surface area contributed by atoms with Crippen molar-refractivity contribution < 1.29 is 14.3 Å². The van der Waals surface area contributed by atoms with Gasteiger partial charge < -0.3 is 20.1 Å². The van der Waals surface area contributed by atoms with Gasteiger partial charge in [-0.3, -0.25) is 0 Å². The fraction of sp³-hybridized carbons (Fsp3) is 0.364. The van der Waals surface area contributed by atoms with Crippen molar-refractivity contribution in [2.24, 2.45) is 0 Å². The molecule has 1 saturated carbocycles. The van der Waals surface area contributed by atoms with Gasteiger partial charge in [-0.25, -0.2) is 4.79 Å². The lowest BCUT2D eigenvalue weighted by molar-refractivity contribution is 0.0526. The number of esters is 1. The van der Waals surface area contributed by atoms with Crippen molar-refractivity contribution in [3.8, 4) is 5.75 Å². The summed E-state index contributed by atoms with van der Waals surface area (Å²) in [6.07, 6.45) is 4.29. The van der Waals surface area contributed by atoms with Gasteiger partial charge in [0.1, 0.15) is 5.75 Å². The SMILES string of the molecule is CCOC(=O)c1ccc(NC(=S)NC2(c3ccc(OC)cc3)CCCC2)cc1Cl. The summed E-state index contributed by atoms with van der Waals surface area (Å²) in [5.74, 6) is 0.396. The number of hydrogen-bond donors (Lipinski definition) is 2. The molecule has 0 unspecified atom stereocenters. The average molecular weight is 433 g/mol. The number of methoxy groups -OCH3 is 1. The Labute approximate surface area is 181 Å². The monoisotopic (exact) mass is 432 g/mol. The number of nitrogens with one attached hydrogen (secondary N) is 2. The summed E-state index contributed by atoms with van der Waals surface area (Å²) in [6.45, 7) is 2.06. The number of ether oxygens (including phenoxy) is 2. The summed E-state index contributed by atoms with van der Waals surface area (Å²) in [7, 11) is 1.66. The highest BCUT2D eigenvalue weighted by molar-refractivity contribution is 7.80. The number of benzene rings is 2. The number of halogens is 1. The van der Waals surface area contributed by atoms with Crippen LogP contribution >= 0.6 is 23.8 Å². The second-order valence-corrected chi connectivity index (χ2v) is 7.83. The lowest BCUT2D eigenvalue weighted by atomic mass is 9.88. The Bertz CT molecular complexity index is 880. The zero-order valence-corrected chi connectivity index (χ0v) is 18.2. The van der Waals surface area contributed by atoms with E-state index in [0.717, 1.165) is 31.4 Å². The maximum absolute atomic E-state index is 11.9. The van der Waals surface area contributed by atoms with Crippen LogP contribution in [0.2, 0.25) is 5.02 Å². The third-order valence-electron chi connectivity index (χ3n) is 5.17. The molecule has 2 aromatic rings. The number of carbonyl (C=O) groups is 1. The molecule has 0 amide bonds. The van der Waals surface area contributed by atoms with Gasteiger partial charge in [0.05, 0.1) is 29.8 Å². The Morgan fingerprint density at radius 1 is 1.17 bits per heavy atom. The molecule has 7 heteroatoms. The molecule has 0 aliphatic heterocycles. The van der Waals surface area contributed by atoms with E-state index in [1.807, 2.05) is 12.1 Å². The topological polar surface area (TPSA) is 59.6 Å². The van der Waals surface area contributed by atoms with E-state index < -0.39 is 5.97 Å². The van der Waals surface area contributed by atoms with E-state index in [9.17, 15) is 4.79 Å². The van der Waals surface area contributed by atoms with Crippen LogP contribution in [0.15, 0.2) is 42.5 Å². The van der Waals surface area contributed by atoms with Gasteiger partial charge in [-0.05, 0) is 67.9 Å². The van der Waals surface area contributed by atoms with E-state index in [4.69, 9.17) is 33.3 Å². The van der Waals surface area contributed by atoms with E-state index in [2.05, 4.69) is 22.8 Å². The summed E-state index contributed by atoms with van der Waals surface area (Å²) in [4.78, 5) is 11.9. The molecule has 0 bridgehead atoms. The average Bonchev–Trinajstić information content (AvgIpc) is 3.17. The minimum Gasteiger partial charge on any atom is -0.497 e. The normalized spacial score (nSPS) is 14.9. The van der Waals surface area contributed by atoms with Gasteiger partial charge in [0.2, 0.25) is 0 Å². The third-order valence-corrected chi connectivity index (χ3v) is 5.69. The third kappa shape index (κ3) is 5.00. The second kappa shape index (κ2) is 9.46. The van der Waals surface area contributed by atoms with Gasteiger partial charge in [-0.1, -0.05) is 36.6 Å². The Kier molecular flexibility index (Phi) is 6.98. The van der Waals surface area contributed by atoms with Crippen LogP contribution in [0.5, 0.6) is 5.75 Å². The minimum absolute atomic E-state index is 0.203. The molecule has 154 valence electrons. The van der Waals surface area contributed by atoms with E-state index in [0.29, 0.717) is 28.0 Å². The van der Waals surface area contributed by atoms with Crippen molar-refractivity contribution in [2.45, 2.75) is 38.1 Å². The van der Waals surface area contributed by atoms with Crippen molar-refractivity contribution in [1.82, 2.24) is 5.32 Å². The number of anilines is 1. The standard InChI is InChI=1S/C22H25ClN2O3S/c1-3-28-20(26)18-11-8-16(14-19(18)23)24-21(29)25-22(12-4-5-13-22)15-6-9-17(27-2)10-7-15/h6-11,14H,3-5,12-13H2,1-2H3,(H2,24,25,29). The second-order valence-electron chi connectivity index (χ2n) is 7.01. The first-order chi connectivity index (χ1) is 14.0. The summed E-state index contributed by atoms with van der Waals surface area (Å²) >= 11 is 11.8. The van der Waals surface area contributed by atoms with Gasteiger partial charge in [-0.2, -0.15) is 0 Å². The number of hydrogen-bond acceptors (Lipinski definition) is 4. The number of thiocarbonyl (C=S) groups is 1. The predicted octanol–water partition coefficient (Wildman–Crippen LogP) is 5.28. The summed E-state index contributed by atoms with van der Waals surface area (Å²) in [5.41, 5.74) is 2.04. The van der Waals surface area contributed by atoms with Gasteiger partial charge in [-0.15, -0.1) is 0 Å². The Hall–Kier alpha value is -2.31. The van der Waals surface area contributed by atoms with Crippen LogP contribution in [0.3, 0.4) is 0 Å². The smallest absolute Gasteiger partial charge is 0.339 e. The van der Waals surface area contributed by atoms with Crippen LogP contribution in [-0.4, -0.2) is 24.8 Å². The van der Waals surface area contributed by atoms with E-state index in [-0.39, 0.29) is 5.54 Å². The van der Waals surface area contributed by atoms with Crippen molar-refractivity contribution >= 4 is 40.6 Å². The van der Waals surface area contributed by atoms with Crippen molar-refractivity contribution in [3.05, 3.63) is 58.6 Å². The molecular formula is C22H25ClN2O3S. The Morgan fingerprint density at radius 2 is 1.86 bits per heavy atom. The highest BCUT2D eigenvalue weighted by Gasteiger charge is 2.36.